The number of nitrogens with zero attached hydrogens (tertiary/aromatic N) is 4. The fraction of sp³-hybridized carbons (Fsp3) is 0.207. The second-order valence-electron chi connectivity index (χ2n) is 9.22. The number of morpholine rings is 1. The largest absolute Gasteiger partial charge is 0.394 e. The summed E-state index contributed by atoms with van der Waals surface area (Å²) in [6.07, 6.45) is 1.50. The van der Waals surface area contributed by atoms with Crippen LogP contribution in [0.4, 0.5) is 0 Å². The Morgan fingerprint density at radius 2 is 2.03 bits per heavy atom. The number of aromatic amines is 1. The number of ether oxygens (including phenoxy) is 1. The molecule has 2 atom stereocenters. The summed E-state index contributed by atoms with van der Waals surface area (Å²) in [5.74, 6) is 0.614. The van der Waals surface area contributed by atoms with Crippen molar-refractivity contribution in [2.24, 2.45) is 7.05 Å². The lowest BCUT2D eigenvalue weighted by molar-refractivity contribution is -0.0752. The maximum Gasteiger partial charge on any atom is 0.254 e. The molecule has 8 nitrogen and oxygen atoms in total. The van der Waals surface area contributed by atoms with Crippen LogP contribution in [0.3, 0.4) is 0 Å². The minimum absolute atomic E-state index is 0.149. The summed E-state index contributed by atoms with van der Waals surface area (Å²) in [6.45, 7) is 0.605. The van der Waals surface area contributed by atoms with E-state index < -0.39 is 6.04 Å². The standard InChI is InChI=1S/C29H25N5O3/c1-33-25-14-20(29(36)34-11-12-37-27(26(34)17-35)19-5-3-2-4-6-19)8-10-23(25)32-28(33)22-16-31-24-13-18(15-30)7-9-21(22)24/h2-10,13-14,16,26-27,31,35H,11-12,17H2,1H3. The number of imidazole rings is 1. The Morgan fingerprint density at radius 1 is 1.19 bits per heavy atom. The predicted octanol–water partition coefficient (Wildman–Crippen LogP) is 4.17. The maximum absolute atomic E-state index is 13.7. The zero-order valence-electron chi connectivity index (χ0n) is 20.3. The Hall–Kier alpha value is -4.45. The molecule has 0 aliphatic carbocycles. The summed E-state index contributed by atoms with van der Waals surface area (Å²) >= 11 is 0. The molecule has 37 heavy (non-hydrogen) atoms. The van der Waals surface area contributed by atoms with Gasteiger partial charge in [-0.3, -0.25) is 4.79 Å². The van der Waals surface area contributed by atoms with Gasteiger partial charge in [-0.15, -0.1) is 0 Å². The molecule has 0 saturated carbocycles. The van der Waals surface area contributed by atoms with E-state index >= 15 is 0 Å². The number of aryl methyl sites for hydroxylation is 1. The lowest BCUT2D eigenvalue weighted by atomic mass is 9.99. The van der Waals surface area contributed by atoms with Crippen molar-refractivity contribution in [2.75, 3.05) is 19.8 Å². The highest BCUT2D eigenvalue weighted by Gasteiger charge is 2.36. The molecule has 6 rings (SSSR count). The van der Waals surface area contributed by atoms with Crippen LogP contribution in [0.1, 0.15) is 27.6 Å². The third-order valence-corrected chi connectivity index (χ3v) is 7.13. The number of aromatic nitrogens is 3. The topological polar surface area (TPSA) is 107 Å². The van der Waals surface area contributed by atoms with E-state index in [4.69, 9.17) is 9.72 Å². The SMILES string of the molecule is Cn1c(-c2c[nH]c3cc(C#N)ccc23)nc2ccc(C(=O)N3CCOC(c4ccccc4)C3CO)cc21. The zero-order valence-corrected chi connectivity index (χ0v) is 20.3. The lowest BCUT2D eigenvalue weighted by Crippen LogP contribution is -2.51. The zero-order chi connectivity index (χ0) is 25.5. The number of amides is 1. The van der Waals surface area contributed by atoms with Crippen molar-refractivity contribution >= 4 is 27.8 Å². The van der Waals surface area contributed by atoms with E-state index in [9.17, 15) is 15.2 Å². The summed E-state index contributed by atoms with van der Waals surface area (Å²) in [4.78, 5) is 23.5. The van der Waals surface area contributed by atoms with Crippen LogP contribution in [0.2, 0.25) is 0 Å². The molecule has 1 saturated heterocycles. The number of nitrogens with one attached hydrogen (secondary N) is 1. The lowest BCUT2D eigenvalue weighted by Gasteiger charge is -2.40. The second-order valence-corrected chi connectivity index (χ2v) is 9.22. The van der Waals surface area contributed by atoms with Gasteiger partial charge in [-0.25, -0.2) is 4.98 Å². The summed E-state index contributed by atoms with van der Waals surface area (Å²) in [7, 11) is 1.93. The number of carbonyl (C=O) groups is 1. The highest BCUT2D eigenvalue weighted by atomic mass is 16.5. The van der Waals surface area contributed by atoms with E-state index in [2.05, 4.69) is 11.1 Å². The van der Waals surface area contributed by atoms with Gasteiger partial charge in [0, 0.05) is 41.8 Å². The molecule has 8 heteroatoms. The minimum Gasteiger partial charge on any atom is -0.394 e. The van der Waals surface area contributed by atoms with Crippen molar-refractivity contribution in [3.63, 3.8) is 0 Å². The molecule has 1 fully saturated rings. The summed E-state index contributed by atoms with van der Waals surface area (Å²) in [5.41, 5.74) is 5.46. The quantitative estimate of drug-likeness (QED) is 0.392. The van der Waals surface area contributed by atoms with Crippen molar-refractivity contribution in [2.45, 2.75) is 12.1 Å². The average molecular weight is 492 g/mol. The third kappa shape index (κ3) is 3.85. The van der Waals surface area contributed by atoms with Crippen LogP contribution >= 0.6 is 0 Å². The molecule has 3 heterocycles. The number of hydrogen-bond donors (Lipinski definition) is 2. The average Bonchev–Trinajstić information content (AvgIpc) is 3.52. The second kappa shape index (κ2) is 9.21. The van der Waals surface area contributed by atoms with Crippen LogP contribution in [0.15, 0.2) is 72.9 Å². The number of benzene rings is 3. The van der Waals surface area contributed by atoms with Gasteiger partial charge in [0.15, 0.2) is 0 Å². The Labute approximate surface area is 213 Å². The van der Waals surface area contributed by atoms with Crippen LogP contribution in [0.5, 0.6) is 0 Å². The van der Waals surface area contributed by atoms with Gasteiger partial charge in [0.25, 0.3) is 5.91 Å². The fourth-order valence-corrected chi connectivity index (χ4v) is 5.24. The first-order valence-corrected chi connectivity index (χ1v) is 12.2. The number of aliphatic hydroxyl groups excluding tert-OH is 1. The van der Waals surface area contributed by atoms with E-state index in [-0.39, 0.29) is 18.6 Å². The van der Waals surface area contributed by atoms with E-state index in [1.807, 2.05) is 72.4 Å². The van der Waals surface area contributed by atoms with Crippen molar-refractivity contribution in [1.82, 2.24) is 19.4 Å². The molecular weight excluding hydrogens is 466 g/mol. The van der Waals surface area contributed by atoms with Crippen LogP contribution in [0.25, 0.3) is 33.3 Å². The Balaban J connectivity index is 1.35. The van der Waals surface area contributed by atoms with Crippen molar-refractivity contribution in [1.29, 1.82) is 5.26 Å². The van der Waals surface area contributed by atoms with E-state index in [1.165, 1.54) is 0 Å². The monoisotopic (exact) mass is 491 g/mol. The molecule has 3 aromatic carbocycles. The highest BCUT2D eigenvalue weighted by molar-refractivity contribution is 6.00. The molecular formula is C29H25N5O3. The van der Waals surface area contributed by atoms with Crippen LogP contribution in [0, 0.1) is 11.3 Å². The van der Waals surface area contributed by atoms with Gasteiger partial charge in [-0.05, 0) is 35.9 Å². The summed E-state index contributed by atoms with van der Waals surface area (Å²) < 4.78 is 7.95. The molecule has 1 aliphatic rings. The smallest absolute Gasteiger partial charge is 0.254 e. The molecule has 2 N–H and O–H groups in total. The first-order valence-electron chi connectivity index (χ1n) is 12.2. The van der Waals surface area contributed by atoms with Gasteiger partial charge in [-0.1, -0.05) is 36.4 Å². The summed E-state index contributed by atoms with van der Waals surface area (Å²) in [6, 6.07) is 22.4. The summed E-state index contributed by atoms with van der Waals surface area (Å²) in [5, 5.41) is 20.4. The number of H-pyrrole nitrogens is 1. The van der Waals surface area contributed by atoms with Crippen molar-refractivity contribution in [3.8, 4) is 17.5 Å². The van der Waals surface area contributed by atoms with Gasteiger partial charge in [-0.2, -0.15) is 5.26 Å². The van der Waals surface area contributed by atoms with E-state index in [1.54, 1.807) is 17.0 Å². The number of fused-ring (bicyclic) bond motifs is 2. The van der Waals surface area contributed by atoms with Crippen molar-refractivity contribution < 1.29 is 14.6 Å². The van der Waals surface area contributed by atoms with Crippen LogP contribution in [-0.2, 0) is 11.8 Å². The number of rotatable bonds is 4. The first-order chi connectivity index (χ1) is 18.1. The van der Waals surface area contributed by atoms with Gasteiger partial charge in [0.05, 0.1) is 41.9 Å². The molecule has 1 aliphatic heterocycles. The highest BCUT2D eigenvalue weighted by Crippen LogP contribution is 2.32. The number of carbonyl (C=O) groups excluding carboxylic acids is 1. The third-order valence-electron chi connectivity index (χ3n) is 7.13. The van der Waals surface area contributed by atoms with E-state index in [0.29, 0.717) is 24.3 Å². The molecule has 1 amide bonds. The minimum atomic E-state index is -0.481. The van der Waals surface area contributed by atoms with E-state index in [0.717, 1.165) is 38.9 Å². The molecule has 0 spiro atoms. The molecule has 0 bridgehead atoms. The number of hydrogen-bond acceptors (Lipinski definition) is 5. The molecule has 2 unspecified atom stereocenters. The van der Waals surface area contributed by atoms with Gasteiger partial charge < -0.3 is 24.3 Å². The predicted molar refractivity (Wildman–Crippen MR) is 140 cm³/mol. The van der Waals surface area contributed by atoms with Gasteiger partial charge in [0.2, 0.25) is 0 Å². The Kier molecular flexibility index (Phi) is 5.72. The molecule has 2 aromatic heterocycles. The Bertz CT molecular complexity index is 1660. The molecule has 0 radical (unpaired) electrons. The Morgan fingerprint density at radius 3 is 2.81 bits per heavy atom. The van der Waals surface area contributed by atoms with Gasteiger partial charge >= 0.3 is 0 Å². The van der Waals surface area contributed by atoms with Crippen LogP contribution in [-0.4, -0.2) is 56.2 Å². The maximum atomic E-state index is 13.7. The number of aliphatic hydroxyl groups is 1. The van der Waals surface area contributed by atoms with Gasteiger partial charge in [0.1, 0.15) is 11.9 Å². The molecule has 5 aromatic rings. The van der Waals surface area contributed by atoms with Crippen molar-refractivity contribution in [3.05, 3.63) is 89.6 Å². The first kappa shape index (κ1) is 23.0. The normalized spacial score (nSPS) is 17.8. The fourth-order valence-electron chi connectivity index (χ4n) is 5.24. The van der Waals surface area contributed by atoms with Crippen LogP contribution < -0.4 is 0 Å². The number of nitriles is 1. The molecule has 184 valence electrons.